The number of hydrogen-bond acceptors (Lipinski definition) is 4. The second-order valence-electron chi connectivity index (χ2n) is 5.74. The average Bonchev–Trinajstić information content (AvgIpc) is 2.61. The quantitative estimate of drug-likeness (QED) is 0.364. The number of hydrogen-bond donors (Lipinski definition) is 3. The largest absolute Gasteiger partial charge is 0.482 e. The van der Waals surface area contributed by atoms with E-state index >= 15 is 0 Å². The minimum absolute atomic E-state index is 0.0419. The SMILES string of the molecule is Cc1ccc(C(=O)NNC(=S)NC(=O)COc2c(C)cc(Br)cc2Br)cc1Br. The maximum absolute atomic E-state index is 12.1. The van der Waals surface area contributed by atoms with E-state index in [1.807, 2.05) is 32.0 Å². The number of halogens is 3. The Morgan fingerprint density at radius 3 is 2.36 bits per heavy atom. The summed E-state index contributed by atoms with van der Waals surface area (Å²) in [5.74, 6) is -0.280. The second-order valence-corrected chi connectivity index (χ2v) is 8.78. The van der Waals surface area contributed by atoms with Gasteiger partial charge in [-0.05, 0) is 77.4 Å². The van der Waals surface area contributed by atoms with Gasteiger partial charge in [0.2, 0.25) is 0 Å². The van der Waals surface area contributed by atoms with Crippen molar-refractivity contribution in [2.75, 3.05) is 6.61 Å². The van der Waals surface area contributed by atoms with Crippen LogP contribution >= 0.6 is 60.0 Å². The van der Waals surface area contributed by atoms with Crippen LogP contribution in [0, 0.1) is 13.8 Å². The molecule has 2 aromatic rings. The molecule has 2 aromatic carbocycles. The van der Waals surface area contributed by atoms with Crippen LogP contribution < -0.4 is 20.9 Å². The molecule has 148 valence electrons. The third-order valence-electron chi connectivity index (χ3n) is 3.52. The molecule has 0 atom stereocenters. The Morgan fingerprint density at radius 2 is 1.71 bits per heavy atom. The van der Waals surface area contributed by atoms with Gasteiger partial charge < -0.3 is 4.74 Å². The zero-order valence-corrected chi connectivity index (χ0v) is 20.4. The predicted molar refractivity (Wildman–Crippen MR) is 122 cm³/mol. The molecule has 2 rings (SSSR count). The van der Waals surface area contributed by atoms with Gasteiger partial charge in [0.15, 0.2) is 11.7 Å². The Morgan fingerprint density at radius 1 is 1.00 bits per heavy atom. The number of ether oxygens (including phenoxy) is 1. The minimum atomic E-state index is -0.459. The number of carbonyl (C=O) groups is 2. The van der Waals surface area contributed by atoms with Crippen molar-refractivity contribution in [3.8, 4) is 5.75 Å². The molecule has 0 aliphatic rings. The van der Waals surface area contributed by atoms with Gasteiger partial charge >= 0.3 is 0 Å². The summed E-state index contributed by atoms with van der Waals surface area (Å²) in [4.78, 5) is 24.1. The first-order chi connectivity index (χ1) is 13.2. The first-order valence-corrected chi connectivity index (χ1v) is 10.7. The van der Waals surface area contributed by atoms with Crippen LogP contribution in [0.2, 0.25) is 0 Å². The van der Waals surface area contributed by atoms with Crippen molar-refractivity contribution in [2.24, 2.45) is 0 Å². The van der Waals surface area contributed by atoms with Crippen LogP contribution in [0.3, 0.4) is 0 Å². The lowest BCUT2D eigenvalue weighted by molar-refractivity contribution is -0.121. The van der Waals surface area contributed by atoms with Gasteiger partial charge in [-0.1, -0.05) is 37.9 Å². The molecule has 0 saturated carbocycles. The highest BCUT2D eigenvalue weighted by Crippen LogP contribution is 2.32. The molecule has 0 radical (unpaired) electrons. The zero-order chi connectivity index (χ0) is 20.8. The van der Waals surface area contributed by atoms with E-state index in [4.69, 9.17) is 17.0 Å². The van der Waals surface area contributed by atoms with E-state index in [0.29, 0.717) is 11.3 Å². The van der Waals surface area contributed by atoms with E-state index in [9.17, 15) is 9.59 Å². The van der Waals surface area contributed by atoms with Crippen molar-refractivity contribution >= 4 is 76.9 Å². The monoisotopic (exact) mass is 591 g/mol. The summed E-state index contributed by atoms with van der Waals surface area (Å²) in [7, 11) is 0. The molecule has 0 saturated heterocycles. The Bertz CT molecular complexity index is 915. The predicted octanol–water partition coefficient (Wildman–Crippen LogP) is 4.31. The standard InChI is InChI=1S/C18H16Br3N3O3S/c1-9-3-4-11(6-13(9)20)17(26)23-24-18(28)22-15(25)8-27-16-10(2)5-12(19)7-14(16)21/h3-7H,8H2,1-2H3,(H,23,26)(H2,22,24,25,28). The topological polar surface area (TPSA) is 79.5 Å². The molecule has 10 heteroatoms. The molecule has 0 heterocycles. The van der Waals surface area contributed by atoms with E-state index in [1.54, 1.807) is 12.1 Å². The highest BCUT2D eigenvalue weighted by molar-refractivity contribution is 9.11. The van der Waals surface area contributed by atoms with Gasteiger partial charge in [0.25, 0.3) is 11.8 Å². The summed E-state index contributed by atoms with van der Waals surface area (Å²) in [6.07, 6.45) is 0. The molecule has 28 heavy (non-hydrogen) atoms. The molecule has 6 nitrogen and oxygen atoms in total. The van der Waals surface area contributed by atoms with E-state index in [1.165, 1.54) is 0 Å². The van der Waals surface area contributed by atoms with Crippen molar-refractivity contribution < 1.29 is 14.3 Å². The highest BCUT2D eigenvalue weighted by atomic mass is 79.9. The molecule has 0 aliphatic heterocycles. The Hall–Kier alpha value is -1.49. The minimum Gasteiger partial charge on any atom is -0.482 e. The Balaban J connectivity index is 1.82. The number of amides is 2. The number of nitrogens with one attached hydrogen (secondary N) is 3. The molecule has 0 aliphatic carbocycles. The van der Waals surface area contributed by atoms with E-state index < -0.39 is 5.91 Å². The van der Waals surface area contributed by atoms with Crippen molar-refractivity contribution in [3.63, 3.8) is 0 Å². The summed E-state index contributed by atoms with van der Waals surface area (Å²) < 4.78 is 7.99. The van der Waals surface area contributed by atoms with Gasteiger partial charge in [-0.3, -0.25) is 25.8 Å². The smallest absolute Gasteiger partial charge is 0.269 e. The lowest BCUT2D eigenvalue weighted by Gasteiger charge is -2.13. The number of thiocarbonyl (C=S) groups is 1. The van der Waals surface area contributed by atoms with Gasteiger partial charge in [0.05, 0.1) is 4.47 Å². The number of carbonyl (C=O) groups excluding carboxylic acids is 2. The lowest BCUT2D eigenvalue weighted by Crippen LogP contribution is -2.49. The van der Waals surface area contributed by atoms with Gasteiger partial charge in [-0.25, -0.2) is 0 Å². The Kier molecular flexibility index (Phi) is 8.41. The maximum Gasteiger partial charge on any atom is 0.269 e. The van der Waals surface area contributed by atoms with E-state index in [0.717, 1.165) is 24.5 Å². The van der Waals surface area contributed by atoms with Crippen LogP contribution in [0.1, 0.15) is 21.5 Å². The van der Waals surface area contributed by atoms with E-state index in [-0.39, 0.29) is 17.6 Å². The number of benzene rings is 2. The highest BCUT2D eigenvalue weighted by Gasteiger charge is 2.12. The average molecular weight is 594 g/mol. The number of rotatable bonds is 4. The lowest BCUT2D eigenvalue weighted by atomic mass is 10.1. The van der Waals surface area contributed by atoms with Crippen molar-refractivity contribution in [1.82, 2.24) is 16.2 Å². The fourth-order valence-corrected chi connectivity index (χ4v) is 4.22. The third-order valence-corrected chi connectivity index (χ3v) is 5.62. The summed E-state index contributed by atoms with van der Waals surface area (Å²) in [6, 6.07) is 8.90. The number of hydrazine groups is 1. The van der Waals surface area contributed by atoms with Crippen molar-refractivity contribution in [1.29, 1.82) is 0 Å². The maximum atomic E-state index is 12.1. The Labute approximate surface area is 193 Å². The fourth-order valence-electron chi connectivity index (χ4n) is 2.12. The number of aryl methyl sites for hydroxylation is 2. The molecular weight excluding hydrogens is 578 g/mol. The van der Waals surface area contributed by atoms with E-state index in [2.05, 4.69) is 64.0 Å². The van der Waals surface area contributed by atoms with Crippen molar-refractivity contribution in [3.05, 3.63) is 60.4 Å². The summed E-state index contributed by atoms with van der Waals surface area (Å²) in [6.45, 7) is 3.56. The molecule has 0 bridgehead atoms. The van der Waals surface area contributed by atoms with Gasteiger partial charge in [-0.15, -0.1) is 0 Å². The normalized spacial score (nSPS) is 10.2. The first kappa shape index (κ1) is 22.8. The second kappa shape index (κ2) is 10.3. The van der Waals surface area contributed by atoms with Gasteiger partial charge in [0.1, 0.15) is 5.75 Å². The van der Waals surface area contributed by atoms with Gasteiger partial charge in [-0.2, -0.15) is 0 Å². The van der Waals surface area contributed by atoms with Crippen LogP contribution in [0.4, 0.5) is 0 Å². The zero-order valence-electron chi connectivity index (χ0n) is 14.9. The summed E-state index contributed by atoms with van der Waals surface area (Å²) in [5.41, 5.74) is 7.24. The third kappa shape index (κ3) is 6.54. The van der Waals surface area contributed by atoms with Crippen LogP contribution in [0.25, 0.3) is 0 Å². The first-order valence-electron chi connectivity index (χ1n) is 7.92. The molecule has 0 fully saturated rings. The molecule has 0 spiro atoms. The molecule has 3 N–H and O–H groups in total. The van der Waals surface area contributed by atoms with Crippen LogP contribution in [0.15, 0.2) is 43.7 Å². The molecule has 2 amide bonds. The van der Waals surface area contributed by atoms with Crippen LogP contribution in [-0.4, -0.2) is 23.5 Å². The van der Waals surface area contributed by atoms with Crippen LogP contribution in [0.5, 0.6) is 5.75 Å². The summed E-state index contributed by atoms with van der Waals surface area (Å²) >= 11 is 15.2. The fraction of sp³-hybridized carbons (Fsp3) is 0.167. The van der Waals surface area contributed by atoms with Crippen LogP contribution in [-0.2, 0) is 4.79 Å². The van der Waals surface area contributed by atoms with Gasteiger partial charge in [0, 0.05) is 14.5 Å². The molecule has 0 unspecified atom stereocenters. The summed E-state index contributed by atoms with van der Waals surface area (Å²) in [5, 5.41) is 2.39. The molecular formula is C18H16Br3N3O3S. The molecule has 0 aromatic heterocycles. The van der Waals surface area contributed by atoms with Crippen molar-refractivity contribution in [2.45, 2.75) is 13.8 Å².